The second kappa shape index (κ2) is 9.02. The van der Waals surface area contributed by atoms with Crippen LogP contribution in [0.5, 0.6) is 5.75 Å². The topological polar surface area (TPSA) is 44.1 Å². The number of unbranched alkanes of at least 4 members (excludes halogenated alkanes) is 1. The number of hydrogen-bond donors (Lipinski definition) is 0. The van der Waals surface area contributed by atoms with E-state index < -0.39 is 0 Å². The highest BCUT2D eigenvalue weighted by Gasteiger charge is 2.16. The Bertz CT molecular complexity index is 1210. The summed E-state index contributed by atoms with van der Waals surface area (Å²) in [5.41, 5.74) is 3.17. The van der Waals surface area contributed by atoms with Crippen LogP contribution in [-0.2, 0) is 6.54 Å². The highest BCUT2D eigenvalue weighted by Crippen LogP contribution is 2.35. The van der Waals surface area contributed by atoms with Crippen molar-refractivity contribution in [3.8, 4) is 16.9 Å². The number of nitrogens with zero attached hydrogens (tertiary/aromatic N) is 2. The third-order valence-corrected chi connectivity index (χ3v) is 6.34. The van der Waals surface area contributed by atoms with Gasteiger partial charge < -0.3 is 4.74 Å². The van der Waals surface area contributed by atoms with Crippen molar-refractivity contribution in [2.24, 2.45) is 0 Å². The van der Waals surface area contributed by atoms with E-state index in [4.69, 9.17) is 16.3 Å². The SMILES string of the molecule is Cc1ccc(OCCCCn2cnc3sc(C)c(-c4ccc(Cl)cc4)c3c2=O)cc1. The van der Waals surface area contributed by atoms with Gasteiger partial charge in [0, 0.05) is 22.0 Å². The first-order chi connectivity index (χ1) is 14.5. The van der Waals surface area contributed by atoms with E-state index >= 15 is 0 Å². The second-order valence-electron chi connectivity index (χ2n) is 7.33. The Morgan fingerprint density at radius 3 is 2.50 bits per heavy atom. The van der Waals surface area contributed by atoms with E-state index in [1.807, 2.05) is 55.5 Å². The molecule has 0 amide bonds. The normalized spacial score (nSPS) is 11.2. The van der Waals surface area contributed by atoms with Crippen molar-refractivity contribution < 1.29 is 4.74 Å². The summed E-state index contributed by atoms with van der Waals surface area (Å²) >= 11 is 7.58. The molecule has 0 saturated heterocycles. The number of benzene rings is 2. The minimum Gasteiger partial charge on any atom is -0.494 e. The summed E-state index contributed by atoms with van der Waals surface area (Å²) in [5.74, 6) is 0.877. The van der Waals surface area contributed by atoms with Crippen molar-refractivity contribution in [2.45, 2.75) is 33.2 Å². The summed E-state index contributed by atoms with van der Waals surface area (Å²) in [6.07, 6.45) is 3.37. The lowest BCUT2D eigenvalue weighted by molar-refractivity contribution is 0.303. The molecule has 2 aromatic heterocycles. The molecular weight excluding hydrogens is 416 g/mol. The van der Waals surface area contributed by atoms with Gasteiger partial charge in [0.05, 0.1) is 18.3 Å². The fourth-order valence-electron chi connectivity index (χ4n) is 3.47. The predicted molar refractivity (Wildman–Crippen MR) is 125 cm³/mol. The van der Waals surface area contributed by atoms with Gasteiger partial charge in [0.2, 0.25) is 0 Å². The van der Waals surface area contributed by atoms with Crippen LogP contribution < -0.4 is 10.3 Å². The fraction of sp³-hybridized carbons (Fsp3) is 0.250. The van der Waals surface area contributed by atoms with Crippen LogP contribution in [0.3, 0.4) is 0 Å². The molecule has 0 saturated carbocycles. The molecule has 0 aliphatic carbocycles. The number of fused-ring (bicyclic) bond motifs is 1. The molecule has 0 fully saturated rings. The summed E-state index contributed by atoms with van der Waals surface area (Å²) < 4.78 is 7.49. The highest BCUT2D eigenvalue weighted by molar-refractivity contribution is 7.19. The maximum atomic E-state index is 13.2. The maximum Gasteiger partial charge on any atom is 0.262 e. The molecule has 4 nitrogen and oxygen atoms in total. The van der Waals surface area contributed by atoms with Gasteiger partial charge in [-0.15, -0.1) is 11.3 Å². The molecule has 0 unspecified atom stereocenters. The van der Waals surface area contributed by atoms with Crippen molar-refractivity contribution >= 4 is 33.2 Å². The Hall–Kier alpha value is -2.63. The van der Waals surface area contributed by atoms with Crippen LogP contribution in [0.15, 0.2) is 59.7 Å². The molecule has 0 radical (unpaired) electrons. The Morgan fingerprint density at radius 2 is 1.77 bits per heavy atom. The number of aromatic nitrogens is 2. The van der Waals surface area contributed by atoms with Crippen molar-refractivity contribution in [2.75, 3.05) is 6.61 Å². The first kappa shape index (κ1) is 20.6. The molecule has 2 heterocycles. The third kappa shape index (κ3) is 4.42. The zero-order valence-electron chi connectivity index (χ0n) is 17.0. The zero-order valence-corrected chi connectivity index (χ0v) is 18.6. The Balaban J connectivity index is 1.47. The quantitative estimate of drug-likeness (QED) is 0.320. The molecule has 154 valence electrons. The first-order valence-corrected chi connectivity index (χ1v) is 11.2. The van der Waals surface area contributed by atoms with Gasteiger partial charge in [-0.1, -0.05) is 41.4 Å². The van der Waals surface area contributed by atoms with Crippen LogP contribution >= 0.6 is 22.9 Å². The van der Waals surface area contributed by atoms with Gasteiger partial charge in [-0.05, 0) is 56.5 Å². The van der Waals surface area contributed by atoms with Gasteiger partial charge in [0.1, 0.15) is 10.6 Å². The Morgan fingerprint density at radius 1 is 1.03 bits per heavy atom. The van der Waals surface area contributed by atoms with Crippen molar-refractivity contribution in [3.63, 3.8) is 0 Å². The molecule has 4 rings (SSSR count). The third-order valence-electron chi connectivity index (χ3n) is 5.07. The lowest BCUT2D eigenvalue weighted by Gasteiger charge is -2.08. The van der Waals surface area contributed by atoms with Crippen LogP contribution in [0.4, 0.5) is 0 Å². The van der Waals surface area contributed by atoms with Crippen LogP contribution in [0.25, 0.3) is 21.3 Å². The molecule has 0 atom stereocenters. The van der Waals surface area contributed by atoms with Gasteiger partial charge in [0.15, 0.2) is 0 Å². The van der Waals surface area contributed by atoms with Crippen LogP contribution in [0, 0.1) is 13.8 Å². The number of thiophene rings is 1. The van der Waals surface area contributed by atoms with E-state index in [2.05, 4.69) is 11.9 Å². The van der Waals surface area contributed by atoms with Crippen LogP contribution in [-0.4, -0.2) is 16.2 Å². The van der Waals surface area contributed by atoms with Crippen molar-refractivity contribution in [3.05, 3.63) is 80.7 Å². The minimum atomic E-state index is 0.00810. The zero-order chi connectivity index (χ0) is 21.1. The summed E-state index contributed by atoms with van der Waals surface area (Å²) in [6, 6.07) is 15.6. The van der Waals surface area contributed by atoms with Crippen molar-refractivity contribution in [1.82, 2.24) is 9.55 Å². The van der Waals surface area contributed by atoms with Crippen molar-refractivity contribution in [1.29, 1.82) is 0 Å². The summed E-state index contributed by atoms with van der Waals surface area (Å²) in [4.78, 5) is 19.6. The molecule has 0 N–H and O–H groups in total. The van der Waals surface area contributed by atoms with Gasteiger partial charge >= 0.3 is 0 Å². The van der Waals surface area contributed by atoms with Gasteiger partial charge in [-0.25, -0.2) is 4.98 Å². The molecule has 0 aliphatic rings. The lowest BCUT2D eigenvalue weighted by atomic mass is 10.0. The summed E-state index contributed by atoms with van der Waals surface area (Å²) in [5, 5.41) is 1.37. The molecular formula is C24H23ClN2O2S. The van der Waals surface area contributed by atoms with E-state index in [1.54, 1.807) is 22.2 Å². The monoisotopic (exact) mass is 438 g/mol. The summed E-state index contributed by atoms with van der Waals surface area (Å²) in [6.45, 7) is 5.33. The molecule has 0 bridgehead atoms. The van der Waals surface area contributed by atoms with E-state index in [0.29, 0.717) is 23.6 Å². The molecule has 30 heavy (non-hydrogen) atoms. The largest absolute Gasteiger partial charge is 0.494 e. The number of rotatable bonds is 7. The van der Waals surface area contributed by atoms with Crippen LogP contribution in [0.2, 0.25) is 5.02 Å². The molecule has 0 spiro atoms. The van der Waals surface area contributed by atoms with Gasteiger partial charge in [-0.2, -0.15) is 0 Å². The first-order valence-electron chi connectivity index (χ1n) is 9.97. The standard InChI is InChI=1S/C24H23ClN2O2S/c1-16-5-11-20(12-6-16)29-14-4-3-13-27-15-26-23-22(24(27)28)21(17(2)30-23)18-7-9-19(25)10-8-18/h5-12,15H,3-4,13-14H2,1-2H3. The number of halogens is 1. The second-order valence-corrected chi connectivity index (χ2v) is 8.97. The predicted octanol–water partition coefficient (Wildman–Crippen LogP) is 6.25. The number of hydrogen-bond acceptors (Lipinski definition) is 4. The highest BCUT2D eigenvalue weighted by atomic mass is 35.5. The van der Waals surface area contributed by atoms with E-state index in [1.165, 1.54) is 5.56 Å². The Kier molecular flexibility index (Phi) is 6.21. The maximum absolute atomic E-state index is 13.2. The van der Waals surface area contributed by atoms with Gasteiger partial charge in [-0.3, -0.25) is 9.36 Å². The number of ether oxygens (including phenoxy) is 1. The lowest BCUT2D eigenvalue weighted by Crippen LogP contribution is -2.20. The smallest absolute Gasteiger partial charge is 0.262 e. The van der Waals surface area contributed by atoms with E-state index in [-0.39, 0.29) is 5.56 Å². The molecule has 4 aromatic rings. The average Bonchev–Trinajstić information content (AvgIpc) is 3.08. The minimum absolute atomic E-state index is 0.00810. The Labute approximate surface area is 184 Å². The summed E-state index contributed by atoms with van der Waals surface area (Å²) in [7, 11) is 0. The molecule has 6 heteroatoms. The van der Waals surface area contributed by atoms with Crippen LogP contribution in [0.1, 0.15) is 23.3 Å². The average molecular weight is 439 g/mol. The molecule has 0 aliphatic heterocycles. The van der Waals surface area contributed by atoms with E-state index in [9.17, 15) is 4.79 Å². The fourth-order valence-corrected chi connectivity index (χ4v) is 4.60. The molecule has 2 aromatic carbocycles. The number of aryl methyl sites for hydroxylation is 3. The van der Waals surface area contributed by atoms with Gasteiger partial charge in [0.25, 0.3) is 5.56 Å². The van der Waals surface area contributed by atoms with E-state index in [0.717, 1.165) is 39.4 Å².